The Balaban J connectivity index is 3.65. The molecular weight excluding hydrogens is 282 g/mol. The van der Waals surface area contributed by atoms with Crippen molar-refractivity contribution >= 4 is 25.9 Å². The Hall–Kier alpha value is -1.16. The highest BCUT2D eigenvalue weighted by Crippen LogP contribution is 2.26. The standard InChI is InChI=1S/C9H13NO6S2/c1-10-7-4-5-8(17(11,12)15-2)9(6-7)18(13,14)16-3/h4-6,10H,1-3H3. The van der Waals surface area contributed by atoms with Crippen molar-refractivity contribution in [1.82, 2.24) is 0 Å². The molecule has 0 aliphatic carbocycles. The van der Waals surface area contributed by atoms with E-state index in [0.29, 0.717) is 5.69 Å². The molecule has 1 N–H and O–H groups in total. The Morgan fingerprint density at radius 3 is 1.89 bits per heavy atom. The van der Waals surface area contributed by atoms with Gasteiger partial charge in [-0.15, -0.1) is 0 Å². The molecule has 0 unspecified atom stereocenters. The number of nitrogens with one attached hydrogen (secondary N) is 1. The van der Waals surface area contributed by atoms with E-state index in [2.05, 4.69) is 13.7 Å². The molecule has 9 heteroatoms. The summed E-state index contributed by atoms with van der Waals surface area (Å²) in [5.41, 5.74) is 0.431. The molecule has 0 saturated heterocycles. The maximum Gasteiger partial charge on any atom is 0.298 e. The van der Waals surface area contributed by atoms with Gasteiger partial charge in [-0.25, -0.2) is 0 Å². The average molecular weight is 295 g/mol. The maximum atomic E-state index is 11.7. The van der Waals surface area contributed by atoms with Crippen molar-refractivity contribution in [1.29, 1.82) is 0 Å². The van der Waals surface area contributed by atoms with Gasteiger partial charge in [0.25, 0.3) is 20.2 Å². The lowest BCUT2D eigenvalue weighted by Gasteiger charge is -2.10. The van der Waals surface area contributed by atoms with Gasteiger partial charge in [0.1, 0.15) is 9.79 Å². The zero-order chi connectivity index (χ0) is 14.0. The quantitative estimate of drug-likeness (QED) is 0.785. The van der Waals surface area contributed by atoms with Crippen LogP contribution in [0.15, 0.2) is 28.0 Å². The summed E-state index contributed by atoms with van der Waals surface area (Å²) in [4.78, 5) is -0.940. The SMILES string of the molecule is CNc1ccc(S(=O)(=O)OC)c(S(=O)(=O)OC)c1. The second-order valence-corrected chi connectivity index (χ2v) is 6.52. The minimum absolute atomic E-state index is 0.431. The molecule has 1 rings (SSSR count). The van der Waals surface area contributed by atoms with E-state index in [4.69, 9.17) is 0 Å². The first-order valence-electron chi connectivity index (χ1n) is 4.71. The van der Waals surface area contributed by atoms with Crippen LogP contribution in [0.1, 0.15) is 0 Å². The summed E-state index contributed by atoms with van der Waals surface area (Å²) in [6.45, 7) is 0. The molecule has 0 radical (unpaired) electrons. The third-order valence-electron chi connectivity index (χ3n) is 2.21. The van der Waals surface area contributed by atoms with Gasteiger partial charge in [0.05, 0.1) is 14.2 Å². The number of hydrogen-bond acceptors (Lipinski definition) is 7. The summed E-state index contributed by atoms with van der Waals surface area (Å²) in [5.74, 6) is 0. The van der Waals surface area contributed by atoms with E-state index in [1.54, 1.807) is 7.05 Å². The van der Waals surface area contributed by atoms with Gasteiger partial charge in [-0.2, -0.15) is 16.8 Å². The third kappa shape index (κ3) is 2.80. The van der Waals surface area contributed by atoms with Crippen LogP contribution in [0.25, 0.3) is 0 Å². The van der Waals surface area contributed by atoms with Crippen molar-refractivity contribution in [3.8, 4) is 0 Å². The van der Waals surface area contributed by atoms with Gasteiger partial charge < -0.3 is 5.32 Å². The van der Waals surface area contributed by atoms with Crippen molar-refractivity contribution in [3.05, 3.63) is 18.2 Å². The Bertz CT molecular complexity index is 635. The Morgan fingerprint density at radius 2 is 1.44 bits per heavy atom. The van der Waals surface area contributed by atoms with Crippen molar-refractivity contribution in [2.24, 2.45) is 0 Å². The first-order chi connectivity index (χ1) is 8.28. The monoisotopic (exact) mass is 295 g/mol. The maximum absolute atomic E-state index is 11.7. The van der Waals surface area contributed by atoms with E-state index < -0.39 is 30.0 Å². The van der Waals surface area contributed by atoms with Crippen LogP contribution in [-0.2, 0) is 28.6 Å². The van der Waals surface area contributed by atoms with E-state index in [1.807, 2.05) is 0 Å². The molecule has 0 heterocycles. The average Bonchev–Trinajstić information content (AvgIpc) is 2.37. The van der Waals surface area contributed by atoms with Crippen molar-refractivity contribution in [2.45, 2.75) is 9.79 Å². The predicted molar refractivity (Wildman–Crippen MR) is 64.4 cm³/mol. The summed E-state index contributed by atoms with van der Waals surface area (Å²) in [6.07, 6.45) is 0. The fourth-order valence-electron chi connectivity index (χ4n) is 1.25. The van der Waals surface area contributed by atoms with Crippen LogP contribution in [0.4, 0.5) is 5.69 Å². The highest BCUT2D eigenvalue weighted by atomic mass is 32.2. The molecule has 0 spiro atoms. The smallest absolute Gasteiger partial charge is 0.298 e. The Morgan fingerprint density at radius 1 is 0.944 bits per heavy atom. The number of rotatable bonds is 5. The van der Waals surface area contributed by atoms with Crippen LogP contribution >= 0.6 is 0 Å². The summed E-state index contributed by atoms with van der Waals surface area (Å²) in [7, 11) is -4.82. The second kappa shape index (κ2) is 5.22. The zero-order valence-electron chi connectivity index (χ0n) is 10.00. The van der Waals surface area contributed by atoms with E-state index in [-0.39, 0.29) is 0 Å². The van der Waals surface area contributed by atoms with Crippen molar-refractivity contribution < 1.29 is 25.2 Å². The fourth-order valence-corrected chi connectivity index (χ4v) is 3.34. The van der Waals surface area contributed by atoms with Gasteiger partial charge in [0, 0.05) is 12.7 Å². The molecule has 18 heavy (non-hydrogen) atoms. The van der Waals surface area contributed by atoms with Crippen LogP contribution in [0.5, 0.6) is 0 Å². The van der Waals surface area contributed by atoms with E-state index in [9.17, 15) is 16.8 Å². The molecule has 0 amide bonds. The van der Waals surface area contributed by atoms with Crippen LogP contribution < -0.4 is 5.32 Å². The largest absolute Gasteiger partial charge is 0.388 e. The molecule has 0 saturated carbocycles. The van der Waals surface area contributed by atoms with Gasteiger partial charge >= 0.3 is 0 Å². The molecule has 1 aromatic rings. The lowest BCUT2D eigenvalue weighted by Crippen LogP contribution is -2.12. The molecule has 0 fully saturated rings. The van der Waals surface area contributed by atoms with Crippen molar-refractivity contribution in [3.63, 3.8) is 0 Å². The fraction of sp³-hybridized carbons (Fsp3) is 0.333. The minimum Gasteiger partial charge on any atom is -0.388 e. The molecular formula is C9H13NO6S2. The lowest BCUT2D eigenvalue weighted by molar-refractivity contribution is 0.386. The number of anilines is 1. The van der Waals surface area contributed by atoms with Gasteiger partial charge in [-0.05, 0) is 18.2 Å². The lowest BCUT2D eigenvalue weighted by atomic mass is 10.3. The molecule has 0 bridgehead atoms. The Labute approximate surface area is 106 Å². The zero-order valence-corrected chi connectivity index (χ0v) is 11.6. The van der Waals surface area contributed by atoms with E-state index in [0.717, 1.165) is 26.4 Å². The van der Waals surface area contributed by atoms with E-state index in [1.165, 1.54) is 6.07 Å². The van der Waals surface area contributed by atoms with E-state index >= 15 is 0 Å². The predicted octanol–water partition coefficient (Wildman–Crippen LogP) is 0.398. The normalized spacial score (nSPS) is 12.4. The molecule has 102 valence electrons. The summed E-state index contributed by atoms with van der Waals surface area (Å²) in [5, 5.41) is 2.70. The molecule has 1 aromatic carbocycles. The van der Waals surface area contributed by atoms with Crippen molar-refractivity contribution in [2.75, 3.05) is 26.6 Å². The minimum atomic E-state index is -4.15. The molecule has 0 aromatic heterocycles. The highest BCUT2D eigenvalue weighted by molar-refractivity contribution is 7.90. The van der Waals surface area contributed by atoms with Crippen LogP contribution in [0, 0.1) is 0 Å². The van der Waals surface area contributed by atoms with Gasteiger partial charge in [-0.1, -0.05) is 0 Å². The number of benzene rings is 1. The van der Waals surface area contributed by atoms with Gasteiger partial charge in [-0.3, -0.25) is 8.37 Å². The Kier molecular flexibility index (Phi) is 4.32. The highest BCUT2D eigenvalue weighted by Gasteiger charge is 2.27. The second-order valence-electron chi connectivity index (χ2n) is 3.15. The van der Waals surface area contributed by atoms with Crippen LogP contribution in [0.3, 0.4) is 0 Å². The molecule has 0 aliphatic heterocycles. The molecule has 0 aliphatic rings. The van der Waals surface area contributed by atoms with Crippen LogP contribution in [-0.4, -0.2) is 38.1 Å². The first kappa shape index (κ1) is 14.9. The van der Waals surface area contributed by atoms with Crippen LogP contribution in [0.2, 0.25) is 0 Å². The summed E-state index contributed by atoms with van der Waals surface area (Å²) >= 11 is 0. The topological polar surface area (TPSA) is 98.8 Å². The number of hydrogen-bond donors (Lipinski definition) is 1. The molecule has 7 nitrogen and oxygen atoms in total. The summed E-state index contributed by atoms with van der Waals surface area (Å²) in [6, 6.07) is 3.71. The third-order valence-corrected chi connectivity index (χ3v) is 4.99. The first-order valence-corrected chi connectivity index (χ1v) is 7.53. The van der Waals surface area contributed by atoms with Gasteiger partial charge in [0.2, 0.25) is 0 Å². The van der Waals surface area contributed by atoms with Gasteiger partial charge in [0.15, 0.2) is 0 Å². The molecule has 0 atom stereocenters. The summed E-state index contributed by atoms with van der Waals surface area (Å²) < 4.78 is 55.2.